The number of thiophene rings is 1. The molecule has 1 heterocycles. The molecule has 2 aromatic rings. The van der Waals surface area contributed by atoms with Crippen LogP contribution in [-0.2, 0) is 22.2 Å². The molecular weight excluding hydrogens is 285 g/mol. The van der Waals surface area contributed by atoms with Crippen LogP contribution in [0.25, 0.3) is 0 Å². The van der Waals surface area contributed by atoms with E-state index < -0.39 is 15.8 Å². The first-order valence-electron chi connectivity index (χ1n) is 5.79. The first-order valence-corrected chi connectivity index (χ1v) is 8.38. The molecule has 0 aliphatic heterocycles. The Morgan fingerprint density at radius 3 is 2.68 bits per heavy atom. The number of halogens is 1. The molecular formula is C13H14FNO2S2. The van der Waals surface area contributed by atoms with E-state index in [0.717, 1.165) is 5.56 Å². The standard InChI is InChI=1S/C13H14FNO2S2/c14-13-4-2-1-3-12(13)10-19(16,17)15-7-5-11-6-8-18-9-11/h1-4,6,8-9,15H,5,7,10H2. The summed E-state index contributed by atoms with van der Waals surface area (Å²) in [6.45, 7) is 0.327. The Morgan fingerprint density at radius 2 is 2.00 bits per heavy atom. The average Bonchev–Trinajstić information content (AvgIpc) is 2.85. The normalized spacial score (nSPS) is 11.6. The average molecular weight is 299 g/mol. The van der Waals surface area contributed by atoms with Gasteiger partial charge in [-0.05, 0) is 34.9 Å². The smallest absolute Gasteiger partial charge is 0.215 e. The van der Waals surface area contributed by atoms with Crippen molar-refractivity contribution < 1.29 is 12.8 Å². The minimum Gasteiger partial charge on any atom is -0.215 e. The van der Waals surface area contributed by atoms with E-state index in [2.05, 4.69) is 4.72 Å². The van der Waals surface area contributed by atoms with Gasteiger partial charge in [-0.2, -0.15) is 11.3 Å². The number of rotatable bonds is 6. The summed E-state index contributed by atoms with van der Waals surface area (Å²) in [5.74, 6) is -0.825. The van der Waals surface area contributed by atoms with Crippen LogP contribution < -0.4 is 4.72 Å². The molecule has 1 aromatic heterocycles. The van der Waals surface area contributed by atoms with Crippen molar-refractivity contribution in [2.75, 3.05) is 6.54 Å². The molecule has 2 rings (SSSR count). The highest BCUT2D eigenvalue weighted by molar-refractivity contribution is 7.88. The summed E-state index contributed by atoms with van der Waals surface area (Å²) in [6.07, 6.45) is 0.639. The van der Waals surface area contributed by atoms with Gasteiger partial charge in [0.2, 0.25) is 10.0 Å². The van der Waals surface area contributed by atoms with Gasteiger partial charge < -0.3 is 0 Å². The Labute approximate surface area is 116 Å². The first-order chi connectivity index (χ1) is 9.07. The summed E-state index contributed by atoms with van der Waals surface area (Å²) in [4.78, 5) is 0. The molecule has 0 fully saturated rings. The van der Waals surface area contributed by atoms with Crippen molar-refractivity contribution in [2.24, 2.45) is 0 Å². The van der Waals surface area contributed by atoms with E-state index in [-0.39, 0.29) is 11.3 Å². The van der Waals surface area contributed by atoms with Crippen LogP contribution in [0.4, 0.5) is 4.39 Å². The molecule has 0 unspecified atom stereocenters. The van der Waals surface area contributed by atoms with Crippen LogP contribution in [0.1, 0.15) is 11.1 Å². The van der Waals surface area contributed by atoms with Gasteiger partial charge in [0, 0.05) is 12.1 Å². The summed E-state index contributed by atoms with van der Waals surface area (Å²) >= 11 is 1.58. The molecule has 0 saturated heterocycles. The molecule has 0 radical (unpaired) electrons. The van der Waals surface area contributed by atoms with E-state index in [0.29, 0.717) is 13.0 Å². The predicted molar refractivity (Wildman–Crippen MR) is 75.0 cm³/mol. The van der Waals surface area contributed by atoms with Gasteiger partial charge in [0.25, 0.3) is 0 Å². The van der Waals surface area contributed by atoms with Crippen molar-refractivity contribution in [3.63, 3.8) is 0 Å². The highest BCUT2D eigenvalue weighted by Crippen LogP contribution is 2.10. The van der Waals surface area contributed by atoms with Crippen LogP contribution in [0.3, 0.4) is 0 Å². The second-order valence-electron chi connectivity index (χ2n) is 4.13. The molecule has 0 bridgehead atoms. The summed E-state index contributed by atoms with van der Waals surface area (Å²) in [6, 6.07) is 7.86. The summed E-state index contributed by atoms with van der Waals surface area (Å²) in [7, 11) is -3.50. The zero-order valence-corrected chi connectivity index (χ0v) is 11.8. The Bertz CT molecular complexity index is 624. The van der Waals surface area contributed by atoms with Crippen molar-refractivity contribution in [2.45, 2.75) is 12.2 Å². The van der Waals surface area contributed by atoms with Crippen molar-refractivity contribution in [3.8, 4) is 0 Å². The topological polar surface area (TPSA) is 46.2 Å². The molecule has 0 atom stereocenters. The summed E-state index contributed by atoms with van der Waals surface area (Å²) in [5.41, 5.74) is 1.28. The highest BCUT2D eigenvalue weighted by Gasteiger charge is 2.13. The SMILES string of the molecule is O=S(=O)(Cc1ccccc1F)NCCc1ccsc1. The maximum atomic E-state index is 13.4. The number of hydrogen-bond donors (Lipinski definition) is 1. The molecule has 3 nitrogen and oxygen atoms in total. The molecule has 19 heavy (non-hydrogen) atoms. The fourth-order valence-electron chi connectivity index (χ4n) is 1.66. The third-order valence-electron chi connectivity index (χ3n) is 2.62. The molecule has 0 aliphatic carbocycles. The Balaban J connectivity index is 1.90. The number of benzene rings is 1. The van der Waals surface area contributed by atoms with Crippen LogP contribution in [0.5, 0.6) is 0 Å². The molecule has 1 aromatic carbocycles. The van der Waals surface area contributed by atoms with Crippen molar-refractivity contribution in [1.29, 1.82) is 0 Å². The fraction of sp³-hybridized carbons (Fsp3) is 0.231. The zero-order chi connectivity index (χ0) is 13.7. The van der Waals surface area contributed by atoms with Gasteiger partial charge in [-0.15, -0.1) is 0 Å². The third-order valence-corrected chi connectivity index (χ3v) is 4.69. The third kappa shape index (κ3) is 4.41. The maximum Gasteiger partial charge on any atom is 0.215 e. The maximum absolute atomic E-state index is 13.4. The van der Waals surface area contributed by atoms with Gasteiger partial charge >= 0.3 is 0 Å². The van der Waals surface area contributed by atoms with Crippen LogP contribution in [0.2, 0.25) is 0 Å². The van der Waals surface area contributed by atoms with Gasteiger partial charge in [0.1, 0.15) is 5.82 Å². The number of sulfonamides is 1. The van der Waals surface area contributed by atoms with E-state index in [4.69, 9.17) is 0 Å². The predicted octanol–water partition coefficient (Wildman–Crippen LogP) is 2.55. The minimum atomic E-state index is -3.50. The molecule has 102 valence electrons. The lowest BCUT2D eigenvalue weighted by molar-refractivity contribution is 0.574. The van der Waals surface area contributed by atoms with Crippen molar-refractivity contribution >= 4 is 21.4 Å². The Kier molecular flexibility index (Phi) is 4.68. The molecule has 1 N–H and O–H groups in total. The first kappa shape index (κ1) is 14.2. The van der Waals surface area contributed by atoms with Gasteiger partial charge in [0.05, 0.1) is 5.75 Å². The van der Waals surface area contributed by atoms with E-state index in [1.54, 1.807) is 17.4 Å². The van der Waals surface area contributed by atoms with Gasteiger partial charge in [-0.25, -0.2) is 17.5 Å². The lowest BCUT2D eigenvalue weighted by Crippen LogP contribution is -2.27. The lowest BCUT2D eigenvalue weighted by atomic mass is 10.2. The van der Waals surface area contributed by atoms with Crippen LogP contribution in [-0.4, -0.2) is 15.0 Å². The van der Waals surface area contributed by atoms with E-state index in [9.17, 15) is 12.8 Å². The number of hydrogen-bond acceptors (Lipinski definition) is 3. The Morgan fingerprint density at radius 1 is 1.21 bits per heavy atom. The van der Waals surface area contributed by atoms with E-state index in [1.807, 2.05) is 16.8 Å². The van der Waals surface area contributed by atoms with Gasteiger partial charge in [0.15, 0.2) is 0 Å². The fourth-order valence-corrected chi connectivity index (χ4v) is 3.52. The second-order valence-corrected chi connectivity index (χ2v) is 6.71. The van der Waals surface area contributed by atoms with E-state index >= 15 is 0 Å². The molecule has 0 aliphatic rings. The van der Waals surface area contributed by atoms with Gasteiger partial charge in [-0.3, -0.25) is 0 Å². The monoisotopic (exact) mass is 299 g/mol. The van der Waals surface area contributed by atoms with Crippen molar-refractivity contribution in [1.82, 2.24) is 4.72 Å². The summed E-state index contributed by atoms with van der Waals surface area (Å²) < 4.78 is 39.5. The molecule has 6 heteroatoms. The summed E-state index contributed by atoms with van der Waals surface area (Å²) in [5, 5.41) is 3.92. The number of nitrogens with one attached hydrogen (secondary N) is 1. The van der Waals surface area contributed by atoms with E-state index in [1.165, 1.54) is 18.2 Å². The van der Waals surface area contributed by atoms with Crippen LogP contribution in [0, 0.1) is 5.82 Å². The van der Waals surface area contributed by atoms with Gasteiger partial charge in [-0.1, -0.05) is 18.2 Å². The second kappa shape index (κ2) is 6.27. The minimum absolute atomic E-state index is 0.186. The lowest BCUT2D eigenvalue weighted by Gasteiger charge is -2.07. The van der Waals surface area contributed by atoms with Crippen LogP contribution >= 0.6 is 11.3 Å². The molecule has 0 saturated carbocycles. The Hall–Kier alpha value is -1.24. The highest BCUT2D eigenvalue weighted by atomic mass is 32.2. The molecule has 0 amide bonds. The quantitative estimate of drug-likeness (QED) is 0.891. The largest absolute Gasteiger partial charge is 0.215 e. The zero-order valence-electron chi connectivity index (χ0n) is 10.2. The molecule has 0 spiro atoms. The van der Waals surface area contributed by atoms with Crippen molar-refractivity contribution in [3.05, 3.63) is 58.0 Å². The van der Waals surface area contributed by atoms with Crippen LogP contribution in [0.15, 0.2) is 41.1 Å².